The van der Waals surface area contributed by atoms with Crippen molar-refractivity contribution in [3.8, 4) is 0 Å². The molecule has 68 valence electrons. The highest BCUT2D eigenvalue weighted by Gasteiger charge is 2.15. The van der Waals surface area contributed by atoms with Gasteiger partial charge in [0, 0.05) is 0 Å². The van der Waals surface area contributed by atoms with E-state index < -0.39 is 0 Å². The Morgan fingerprint density at radius 3 is 2.18 bits per heavy atom. The van der Waals surface area contributed by atoms with Crippen LogP contribution < -0.4 is 11.5 Å². The molecule has 0 aromatic rings. The fourth-order valence-corrected chi connectivity index (χ4v) is 0.857. The van der Waals surface area contributed by atoms with Crippen LogP contribution in [0.5, 0.6) is 0 Å². The molecule has 0 spiro atoms. The van der Waals surface area contributed by atoms with Gasteiger partial charge < -0.3 is 11.5 Å². The van der Waals surface area contributed by atoms with Gasteiger partial charge in [0.2, 0.25) is 0 Å². The third-order valence-electron chi connectivity index (χ3n) is 2.27. The second-order valence-electron chi connectivity index (χ2n) is 4.25. The van der Waals surface area contributed by atoms with Crippen LogP contribution >= 0.6 is 0 Å². The summed E-state index contributed by atoms with van der Waals surface area (Å²) in [7, 11) is 0. The predicted octanol–water partition coefficient (Wildman–Crippen LogP) is 1.35. The van der Waals surface area contributed by atoms with Gasteiger partial charge in [-0.2, -0.15) is 0 Å². The molecule has 0 radical (unpaired) electrons. The van der Waals surface area contributed by atoms with E-state index in [2.05, 4.69) is 20.8 Å². The highest BCUT2D eigenvalue weighted by atomic mass is 14.6. The summed E-state index contributed by atoms with van der Waals surface area (Å²) in [6, 6.07) is 0. The van der Waals surface area contributed by atoms with Crippen molar-refractivity contribution in [3.05, 3.63) is 0 Å². The molecular weight excluding hydrogens is 136 g/mol. The molecule has 0 saturated heterocycles. The van der Waals surface area contributed by atoms with E-state index in [1.165, 1.54) is 12.8 Å². The summed E-state index contributed by atoms with van der Waals surface area (Å²) in [6.07, 6.45) is 2.38. The van der Waals surface area contributed by atoms with Gasteiger partial charge in [-0.1, -0.05) is 20.8 Å². The lowest BCUT2D eigenvalue weighted by Crippen LogP contribution is -2.25. The van der Waals surface area contributed by atoms with Gasteiger partial charge in [0.05, 0.1) is 0 Å². The first-order valence-electron chi connectivity index (χ1n) is 4.42. The SMILES string of the molecule is CC(CN)CCC(C)(C)CN. The van der Waals surface area contributed by atoms with Gasteiger partial charge in [-0.05, 0) is 37.3 Å². The van der Waals surface area contributed by atoms with Gasteiger partial charge in [0.1, 0.15) is 0 Å². The highest BCUT2D eigenvalue weighted by Crippen LogP contribution is 2.22. The maximum atomic E-state index is 5.60. The van der Waals surface area contributed by atoms with E-state index in [0.29, 0.717) is 11.3 Å². The van der Waals surface area contributed by atoms with E-state index in [0.717, 1.165) is 13.1 Å². The van der Waals surface area contributed by atoms with Gasteiger partial charge in [0.15, 0.2) is 0 Å². The van der Waals surface area contributed by atoms with Crippen LogP contribution in [-0.4, -0.2) is 13.1 Å². The van der Waals surface area contributed by atoms with Crippen molar-refractivity contribution in [2.24, 2.45) is 22.8 Å². The van der Waals surface area contributed by atoms with Gasteiger partial charge in [-0.25, -0.2) is 0 Å². The summed E-state index contributed by atoms with van der Waals surface area (Å²) in [5.41, 5.74) is 11.4. The Hall–Kier alpha value is -0.0800. The zero-order chi connectivity index (χ0) is 8.91. The van der Waals surface area contributed by atoms with E-state index in [4.69, 9.17) is 11.5 Å². The van der Waals surface area contributed by atoms with Gasteiger partial charge in [0.25, 0.3) is 0 Å². The zero-order valence-corrected chi connectivity index (χ0v) is 8.06. The molecule has 2 heteroatoms. The first-order chi connectivity index (χ1) is 5.02. The average Bonchev–Trinajstić information content (AvgIpc) is 2.00. The van der Waals surface area contributed by atoms with Crippen molar-refractivity contribution < 1.29 is 0 Å². The van der Waals surface area contributed by atoms with Crippen molar-refractivity contribution >= 4 is 0 Å². The molecule has 11 heavy (non-hydrogen) atoms. The molecule has 0 aliphatic rings. The molecule has 0 aromatic heterocycles. The largest absolute Gasteiger partial charge is 0.330 e. The molecular formula is C9H22N2. The van der Waals surface area contributed by atoms with E-state index in [1.54, 1.807) is 0 Å². The van der Waals surface area contributed by atoms with Crippen LogP contribution in [0, 0.1) is 11.3 Å². The third kappa shape index (κ3) is 5.22. The minimum Gasteiger partial charge on any atom is -0.330 e. The summed E-state index contributed by atoms with van der Waals surface area (Å²) in [5, 5.41) is 0. The van der Waals surface area contributed by atoms with Gasteiger partial charge in [-0.3, -0.25) is 0 Å². The van der Waals surface area contributed by atoms with Gasteiger partial charge >= 0.3 is 0 Å². The quantitative estimate of drug-likeness (QED) is 0.634. The lowest BCUT2D eigenvalue weighted by atomic mass is 9.85. The maximum Gasteiger partial charge on any atom is -0.00258 e. The summed E-state index contributed by atoms with van der Waals surface area (Å²) in [5.74, 6) is 0.640. The Morgan fingerprint density at radius 2 is 1.82 bits per heavy atom. The Balaban J connectivity index is 3.52. The Bertz CT molecular complexity index is 99.7. The molecule has 0 saturated carbocycles. The molecule has 0 fully saturated rings. The van der Waals surface area contributed by atoms with Gasteiger partial charge in [-0.15, -0.1) is 0 Å². The molecule has 0 aromatic carbocycles. The van der Waals surface area contributed by atoms with E-state index >= 15 is 0 Å². The van der Waals surface area contributed by atoms with Crippen LogP contribution in [0.3, 0.4) is 0 Å². The monoisotopic (exact) mass is 158 g/mol. The smallest absolute Gasteiger partial charge is 0.00258 e. The predicted molar refractivity (Wildman–Crippen MR) is 50.3 cm³/mol. The summed E-state index contributed by atoms with van der Waals surface area (Å²) in [4.78, 5) is 0. The molecule has 0 rings (SSSR count). The highest BCUT2D eigenvalue weighted by molar-refractivity contribution is 4.70. The van der Waals surface area contributed by atoms with Crippen LogP contribution in [0.25, 0.3) is 0 Å². The summed E-state index contributed by atoms with van der Waals surface area (Å²) in [6.45, 7) is 8.16. The number of hydrogen-bond donors (Lipinski definition) is 2. The fraction of sp³-hybridized carbons (Fsp3) is 1.00. The van der Waals surface area contributed by atoms with E-state index in [-0.39, 0.29) is 0 Å². The number of nitrogens with two attached hydrogens (primary N) is 2. The Kier molecular flexibility index (Phi) is 4.69. The minimum absolute atomic E-state index is 0.295. The number of hydrogen-bond acceptors (Lipinski definition) is 2. The molecule has 0 aliphatic carbocycles. The standard InChI is InChI=1S/C9H22N2/c1-8(6-10)4-5-9(2,3)7-11/h8H,4-7,10-11H2,1-3H3. The van der Waals surface area contributed by atoms with Crippen LogP contribution in [0.15, 0.2) is 0 Å². The molecule has 0 amide bonds. The lowest BCUT2D eigenvalue weighted by molar-refractivity contribution is 0.310. The van der Waals surface area contributed by atoms with E-state index in [9.17, 15) is 0 Å². The first-order valence-corrected chi connectivity index (χ1v) is 4.42. The van der Waals surface area contributed by atoms with Crippen molar-refractivity contribution in [2.45, 2.75) is 33.6 Å². The Morgan fingerprint density at radius 1 is 1.27 bits per heavy atom. The molecule has 1 unspecified atom stereocenters. The maximum absolute atomic E-state index is 5.60. The molecule has 0 bridgehead atoms. The van der Waals surface area contributed by atoms with E-state index in [1.807, 2.05) is 0 Å². The van der Waals surface area contributed by atoms with Crippen LogP contribution in [0.2, 0.25) is 0 Å². The van der Waals surface area contributed by atoms with Crippen LogP contribution in [0.1, 0.15) is 33.6 Å². The fourth-order valence-electron chi connectivity index (χ4n) is 0.857. The van der Waals surface area contributed by atoms with Crippen LogP contribution in [0.4, 0.5) is 0 Å². The van der Waals surface area contributed by atoms with Crippen molar-refractivity contribution in [1.82, 2.24) is 0 Å². The normalized spacial score (nSPS) is 15.0. The molecule has 1 atom stereocenters. The molecule has 0 aliphatic heterocycles. The van der Waals surface area contributed by atoms with Crippen molar-refractivity contribution in [1.29, 1.82) is 0 Å². The summed E-state index contributed by atoms with van der Waals surface area (Å²) < 4.78 is 0. The Labute approximate surface area is 70.3 Å². The van der Waals surface area contributed by atoms with Crippen molar-refractivity contribution in [2.75, 3.05) is 13.1 Å². The van der Waals surface area contributed by atoms with Crippen LogP contribution in [-0.2, 0) is 0 Å². The third-order valence-corrected chi connectivity index (χ3v) is 2.27. The second-order valence-corrected chi connectivity index (χ2v) is 4.25. The van der Waals surface area contributed by atoms with Crippen molar-refractivity contribution in [3.63, 3.8) is 0 Å². The molecule has 2 nitrogen and oxygen atoms in total. The molecule has 0 heterocycles. The minimum atomic E-state index is 0.295. The lowest BCUT2D eigenvalue weighted by Gasteiger charge is -2.23. The first kappa shape index (κ1) is 10.9. The topological polar surface area (TPSA) is 52.0 Å². The molecule has 4 N–H and O–H groups in total. The number of rotatable bonds is 5. The average molecular weight is 158 g/mol. The zero-order valence-electron chi connectivity index (χ0n) is 8.06. The summed E-state index contributed by atoms with van der Waals surface area (Å²) >= 11 is 0. The second kappa shape index (κ2) is 4.73.